The van der Waals surface area contributed by atoms with Crippen LogP contribution in [0.2, 0.25) is 0 Å². The lowest BCUT2D eigenvalue weighted by atomic mass is 9.96. The minimum absolute atomic E-state index is 0.468. The molecule has 0 radical (unpaired) electrons. The summed E-state index contributed by atoms with van der Waals surface area (Å²) < 4.78 is 26.8. The smallest absolute Gasteiger partial charge is 0.133 e. The summed E-state index contributed by atoms with van der Waals surface area (Å²) in [5.41, 5.74) is 2.43. The molecule has 0 spiro atoms. The number of rotatable bonds is 5. The fourth-order valence-electron chi connectivity index (χ4n) is 2.12. The summed E-state index contributed by atoms with van der Waals surface area (Å²) in [5, 5.41) is 0.972. The second-order valence-corrected chi connectivity index (χ2v) is 5.22. The van der Waals surface area contributed by atoms with E-state index in [1.165, 1.54) is 12.1 Å². The molecule has 0 aliphatic rings. The molecular formula is C16H15BrF2. The summed E-state index contributed by atoms with van der Waals surface area (Å²) >= 11 is 3.40. The van der Waals surface area contributed by atoms with Crippen molar-refractivity contribution in [2.45, 2.75) is 19.3 Å². The molecule has 0 saturated heterocycles. The van der Waals surface area contributed by atoms with Gasteiger partial charge < -0.3 is 0 Å². The topological polar surface area (TPSA) is 0 Å². The molecule has 0 aliphatic heterocycles. The third kappa shape index (κ3) is 3.63. The highest BCUT2D eigenvalue weighted by Crippen LogP contribution is 2.27. The first kappa shape index (κ1) is 14.2. The highest BCUT2D eigenvalue weighted by atomic mass is 79.9. The van der Waals surface area contributed by atoms with Crippen LogP contribution in [-0.4, -0.2) is 5.33 Å². The van der Waals surface area contributed by atoms with Crippen molar-refractivity contribution in [3.05, 3.63) is 59.7 Å². The maximum atomic E-state index is 13.9. The SMILES string of the molecule is Fc1ccc(-c2ccccc2CCCCBr)c(F)c1. The van der Waals surface area contributed by atoms with Gasteiger partial charge in [-0.05, 0) is 42.5 Å². The fourth-order valence-corrected chi connectivity index (χ4v) is 2.52. The summed E-state index contributed by atoms with van der Waals surface area (Å²) in [6.07, 6.45) is 3.03. The van der Waals surface area contributed by atoms with E-state index in [0.29, 0.717) is 5.56 Å². The second-order valence-electron chi connectivity index (χ2n) is 4.43. The van der Waals surface area contributed by atoms with E-state index in [1.807, 2.05) is 24.3 Å². The third-order valence-electron chi connectivity index (χ3n) is 3.07. The van der Waals surface area contributed by atoms with E-state index in [2.05, 4.69) is 15.9 Å². The molecule has 100 valence electrons. The van der Waals surface area contributed by atoms with E-state index in [4.69, 9.17) is 0 Å². The number of halogens is 3. The van der Waals surface area contributed by atoms with Crippen molar-refractivity contribution in [1.82, 2.24) is 0 Å². The molecule has 0 bridgehead atoms. The summed E-state index contributed by atoms with van der Waals surface area (Å²) in [6.45, 7) is 0. The zero-order valence-corrected chi connectivity index (χ0v) is 12.1. The first-order valence-corrected chi connectivity index (χ1v) is 7.44. The molecule has 19 heavy (non-hydrogen) atoms. The largest absolute Gasteiger partial charge is 0.207 e. The van der Waals surface area contributed by atoms with E-state index >= 15 is 0 Å². The molecule has 0 N–H and O–H groups in total. The van der Waals surface area contributed by atoms with E-state index in [0.717, 1.165) is 41.8 Å². The van der Waals surface area contributed by atoms with E-state index in [9.17, 15) is 8.78 Å². The Balaban J connectivity index is 2.33. The van der Waals surface area contributed by atoms with Gasteiger partial charge in [0, 0.05) is 17.0 Å². The third-order valence-corrected chi connectivity index (χ3v) is 3.63. The van der Waals surface area contributed by atoms with Crippen LogP contribution in [0, 0.1) is 11.6 Å². The molecule has 2 aromatic carbocycles. The predicted octanol–water partition coefficient (Wildman–Crippen LogP) is 5.35. The van der Waals surface area contributed by atoms with Crippen molar-refractivity contribution in [3.63, 3.8) is 0 Å². The van der Waals surface area contributed by atoms with Gasteiger partial charge in [-0.1, -0.05) is 40.2 Å². The van der Waals surface area contributed by atoms with Crippen LogP contribution in [0.1, 0.15) is 18.4 Å². The molecule has 0 aliphatic carbocycles. The number of benzene rings is 2. The average molecular weight is 325 g/mol. The van der Waals surface area contributed by atoms with Gasteiger partial charge >= 0.3 is 0 Å². The van der Waals surface area contributed by atoms with Gasteiger partial charge in [-0.25, -0.2) is 8.78 Å². The molecule has 2 aromatic rings. The van der Waals surface area contributed by atoms with Crippen molar-refractivity contribution in [2.24, 2.45) is 0 Å². The molecule has 0 atom stereocenters. The Hall–Kier alpha value is -1.22. The normalized spacial score (nSPS) is 10.7. The zero-order chi connectivity index (χ0) is 13.7. The molecule has 0 fully saturated rings. The molecular weight excluding hydrogens is 310 g/mol. The Kier molecular flexibility index (Phi) is 5.08. The summed E-state index contributed by atoms with van der Waals surface area (Å²) in [4.78, 5) is 0. The maximum Gasteiger partial charge on any atom is 0.133 e. The van der Waals surface area contributed by atoms with Crippen LogP contribution in [-0.2, 0) is 6.42 Å². The second kappa shape index (κ2) is 6.80. The van der Waals surface area contributed by atoms with Gasteiger partial charge in [0.25, 0.3) is 0 Å². The number of hydrogen-bond acceptors (Lipinski definition) is 0. The Morgan fingerprint density at radius 1 is 0.895 bits per heavy atom. The van der Waals surface area contributed by atoms with Gasteiger partial charge in [0.1, 0.15) is 11.6 Å². The van der Waals surface area contributed by atoms with Crippen molar-refractivity contribution < 1.29 is 8.78 Å². The van der Waals surface area contributed by atoms with Crippen molar-refractivity contribution in [3.8, 4) is 11.1 Å². The van der Waals surface area contributed by atoms with Gasteiger partial charge in [0.05, 0.1) is 0 Å². The highest BCUT2D eigenvalue weighted by molar-refractivity contribution is 9.09. The summed E-state index contributed by atoms with van der Waals surface area (Å²) in [6, 6.07) is 11.5. The minimum atomic E-state index is -0.544. The van der Waals surface area contributed by atoms with Crippen LogP contribution in [0.4, 0.5) is 8.78 Å². The summed E-state index contributed by atoms with van der Waals surface area (Å²) in [5.74, 6) is -1.05. The van der Waals surface area contributed by atoms with Crippen molar-refractivity contribution in [2.75, 3.05) is 5.33 Å². The average Bonchev–Trinajstić information content (AvgIpc) is 2.40. The Bertz CT molecular complexity index is 552. The van der Waals surface area contributed by atoms with Crippen LogP contribution in [0.25, 0.3) is 11.1 Å². The van der Waals surface area contributed by atoms with Gasteiger partial charge in [0.2, 0.25) is 0 Å². The standard InChI is InChI=1S/C16H15BrF2/c17-10-4-3-6-12-5-1-2-7-14(12)15-9-8-13(18)11-16(15)19/h1-2,5,7-9,11H,3-4,6,10H2. The maximum absolute atomic E-state index is 13.9. The molecule has 3 heteroatoms. The molecule has 0 nitrogen and oxygen atoms in total. The quantitative estimate of drug-likeness (QED) is 0.513. The number of aryl methyl sites for hydroxylation is 1. The molecule has 0 heterocycles. The molecule has 0 saturated carbocycles. The van der Waals surface area contributed by atoms with Crippen molar-refractivity contribution in [1.29, 1.82) is 0 Å². The number of unbranched alkanes of at least 4 members (excludes halogenated alkanes) is 1. The monoisotopic (exact) mass is 324 g/mol. The van der Waals surface area contributed by atoms with Gasteiger partial charge in [-0.2, -0.15) is 0 Å². The fraction of sp³-hybridized carbons (Fsp3) is 0.250. The first-order valence-electron chi connectivity index (χ1n) is 6.31. The first-order chi connectivity index (χ1) is 9.22. The van der Waals surface area contributed by atoms with E-state index < -0.39 is 11.6 Å². The van der Waals surface area contributed by atoms with Crippen LogP contribution < -0.4 is 0 Å². The van der Waals surface area contributed by atoms with Gasteiger partial charge in [-0.15, -0.1) is 0 Å². The van der Waals surface area contributed by atoms with Gasteiger partial charge in [0.15, 0.2) is 0 Å². The number of alkyl halides is 1. The predicted molar refractivity (Wildman–Crippen MR) is 78.5 cm³/mol. The molecule has 0 aromatic heterocycles. The lowest BCUT2D eigenvalue weighted by molar-refractivity contribution is 0.585. The highest BCUT2D eigenvalue weighted by Gasteiger charge is 2.10. The Labute approximate surface area is 120 Å². The van der Waals surface area contributed by atoms with Crippen LogP contribution in [0.5, 0.6) is 0 Å². The lowest BCUT2D eigenvalue weighted by Crippen LogP contribution is -1.93. The van der Waals surface area contributed by atoms with Gasteiger partial charge in [-0.3, -0.25) is 0 Å². The van der Waals surface area contributed by atoms with Crippen LogP contribution in [0.3, 0.4) is 0 Å². The zero-order valence-electron chi connectivity index (χ0n) is 10.5. The molecule has 2 rings (SSSR count). The summed E-state index contributed by atoms with van der Waals surface area (Å²) in [7, 11) is 0. The van der Waals surface area contributed by atoms with E-state index in [1.54, 1.807) is 0 Å². The van der Waals surface area contributed by atoms with Crippen LogP contribution in [0.15, 0.2) is 42.5 Å². The minimum Gasteiger partial charge on any atom is -0.207 e. The van der Waals surface area contributed by atoms with Crippen molar-refractivity contribution >= 4 is 15.9 Å². The Morgan fingerprint density at radius 3 is 2.42 bits per heavy atom. The number of hydrogen-bond donors (Lipinski definition) is 0. The van der Waals surface area contributed by atoms with E-state index in [-0.39, 0.29) is 0 Å². The molecule has 0 unspecified atom stereocenters. The molecule has 0 amide bonds. The lowest BCUT2D eigenvalue weighted by Gasteiger charge is -2.10. The van der Waals surface area contributed by atoms with Crippen LogP contribution >= 0.6 is 15.9 Å². The Morgan fingerprint density at radius 2 is 1.68 bits per heavy atom.